The average Bonchev–Trinajstić information content (AvgIpc) is 2.07. The number of nitrogens with zero attached hydrogens (tertiary/aromatic N) is 1. The molecule has 66 valence electrons. The van der Waals surface area contributed by atoms with Gasteiger partial charge in [-0.25, -0.2) is 4.39 Å². The van der Waals surface area contributed by atoms with Crippen LogP contribution in [0.15, 0.2) is 12.1 Å². The summed E-state index contributed by atoms with van der Waals surface area (Å²) in [7, 11) is 0. The van der Waals surface area contributed by atoms with Gasteiger partial charge in [-0.15, -0.1) is 0 Å². The number of carbonyl (C=O) groups is 1. The van der Waals surface area contributed by atoms with Gasteiger partial charge in [-0.05, 0) is 19.1 Å². The van der Waals surface area contributed by atoms with Crippen molar-refractivity contribution in [2.24, 2.45) is 0 Å². The quantitative estimate of drug-likeness (QED) is 0.523. The van der Waals surface area contributed by atoms with Crippen molar-refractivity contribution in [2.45, 2.75) is 6.92 Å². The lowest BCUT2D eigenvalue weighted by atomic mass is 10.1. The zero-order valence-corrected chi connectivity index (χ0v) is 6.97. The van der Waals surface area contributed by atoms with Crippen LogP contribution in [0.4, 0.5) is 10.1 Å². The fraction of sp³-hybridized carbons (Fsp3) is 0.111. The van der Waals surface area contributed by atoms with Gasteiger partial charge in [0, 0.05) is 11.3 Å². The fourth-order valence-electron chi connectivity index (χ4n) is 0.981. The van der Waals surface area contributed by atoms with E-state index in [9.17, 15) is 9.18 Å². The molecule has 2 N–H and O–H groups in total. The minimum absolute atomic E-state index is 0.108. The summed E-state index contributed by atoms with van der Waals surface area (Å²) in [5.74, 6) is -1.04. The fourth-order valence-corrected chi connectivity index (χ4v) is 0.981. The molecule has 0 aliphatic heterocycles. The van der Waals surface area contributed by atoms with Gasteiger partial charge in [0.2, 0.25) is 0 Å². The molecule has 0 radical (unpaired) electrons. The first-order valence-corrected chi connectivity index (χ1v) is 3.56. The van der Waals surface area contributed by atoms with E-state index < -0.39 is 5.82 Å². The van der Waals surface area contributed by atoms with Gasteiger partial charge in [-0.2, -0.15) is 5.26 Å². The van der Waals surface area contributed by atoms with E-state index in [2.05, 4.69) is 0 Å². The molecular formula is C9H7FN2O. The normalized spacial score (nSPS) is 9.31. The Labute approximate surface area is 74.6 Å². The number of Topliss-reactive ketones (excluding diaryl/α,β-unsaturated/α-hetero) is 1. The molecule has 0 amide bonds. The van der Waals surface area contributed by atoms with E-state index in [0.29, 0.717) is 0 Å². The highest BCUT2D eigenvalue weighted by atomic mass is 19.1. The van der Waals surface area contributed by atoms with Crippen molar-refractivity contribution in [3.05, 3.63) is 29.1 Å². The Morgan fingerprint density at radius 3 is 2.69 bits per heavy atom. The van der Waals surface area contributed by atoms with Crippen molar-refractivity contribution >= 4 is 11.5 Å². The van der Waals surface area contributed by atoms with Gasteiger partial charge in [0.25, 0.3) is 0 Å². The summed E-state index contributed by atoms with van der Waals surface area (Å²) in [4.78, 5) is 10.9. The molecule has 0 saturated carbocycles. The Hall–Kier alpha value is -1.89. The molecule has 0 spiro atoms. The van der Waals surface area contributed by atoms with Crippen LogP contribution in [0.2, 0.25) is 0 Å². The minimum atomic E-state index is -0.720. The van der Waals surface area contributed by atoms with Gasteiger partial charge in [-0.1, -0.05) is 0 Å². The van der Waals surface area contributed by atoms with Crippen molar-refractivity contribution in [1.29, 1.82) is 5.26 Å². The molecular weight excluding hydrogens is 171 g/mol. The molecule has 1 rings (SSSR count). The molecule has 0 heterocycles. The SMILES string of the molecule is CC(=O)c1cc(F)c(C#N)cc1N. The smallest absolute Gasteiger partial charge is 0.161 e. The average molecular weight is 178 g/mol. The van der Waals surface area contributed by atoms with Gasteiger partial charge >= 0.3 is 0 Å². The summed E-state index contributed by atoms with van der Waals surface area (Å²) in [6, 6.07) is 3.78. The first-order valence-electron chi connectivity index (χ1n) is 3.56. The lowest BCUT2D eigenvalue weighted by Crippen LogP contribution is -2.01. The van der Waals surface area contributed by atoms with Crippen LogP contribution in [0.25, 0.3) is 0 Å². The summed E-state index contributed by atoms with van der Waals surface area (Å²) in [5.41, 5.74) is 5.52. The van der Waals surface area contributed by atoms with Crippen LogP contribution in [-0.2, 0) is 0 Å². The molecule has 1 aromatic carbocycles. The van der Waals surface area contributed by atoms with E-state index in [1.807, 2.05) is 0 Å². The molecule has 0 aliphatic rings. The van der Waals surface area contributed by atoms with Gasteiger partial charge in [-0.3, -0.25) is 4.79 Å². The van der Waals surface area contributed by atoms with Crippen LogP contribution < -0.4 is 5.73 Å². The maximum atomic E-state index is 13.0. The number of hydrogen-bond acceptors (Lipinski definition) is 3. The topological polar surface area (TPSA) is 66.9 Å². The molecule has 0 bridgehead atoms. The molecule has 0 aliphatic carbocycles. The lowest BCUT2D eigenvalue weighted by molar-refractivity contribution is 0.101. The number of hydrogen-bond donors (Lipinski definition) is 1. The molecule has 0 fully saturated rings. The van der Waals surface area contributed by atoms with Gasteiger partial charge in [0.05, 0.1) is 5.56 Å². The Morgan fingerprint density at radius 1 is 1.62 bits per heavy atom. The third kappa shape index (κ3) is 1.64. The second-order valence-corrected chi connectivity index (χ2v) is 2.59. The van der Waals surface area contributed by atoms with Crippen molar-refractivity contribution in [3.63, 3.8) is 0 Å². The third-order valence-electron chi connectivity index (χ3n) is 1.64. The summed E-state index contributed by atoms with van der Waals surface area (Å²) in [6.07, 6.45) is 0. The number of nitrogen functional groups attached to an aromatic ring is 1. The second-order valence-electron chi connectivity index (χ2n) is 2.59. The highest BCUT2D eigenvalue weighted by molar-refractivity contribution is 5.99. The van der Waals surface area contributed by atoms with Gasteiger partial charge in [0.15, 0.2) is 5.78 Å². The van der Waals surface area contributed by atoms with E-state index in [4.69, 9.17) is 11.0 Å². The van der Waals surface area contributed by atoms with E-state index in [-0.39, 0.29) is 22.6 Å². The van der Waals surface area contributed by atoms with E-state index in [0.717, 1.165) is 12.1 Å². The number of halogens is 1. The van der Waals surface area contributed by atoms with Crippen molar-refractivity contribution < 1.29 is 9.18 Å². The number of nitriles is 1. The maximum Gasteiger partial charge on any atom is 0.161 e. The van der Waals surface area contributed by atoms with E-state index in [1.165, 1.54) is 6.92 Å². The van der Waals surface area contributed by atoms with Crippen molar-refractivity contribution in [3.8, 4) is 6.07 Å². The van der Waals surface area contributed by atoms with Crippen molar-refractivity contribution in [1.82, 2.24) is 0 Å². The summed E-state index contributed by atoms with van der Waals surface area (Å²) >= 11 is 0. The second kappa shape index (κ2) is 3.23. The summed E-state index contributed by atoms with van der Waals surface area (Å²) < 4.78 is 13.0. The lowest BCUT2D eigenvalue weighted by Gasteiger charge is -2.02. The molecule has 3 nitrogen and oxygen atoms in total. The Balaban J connectivity index is 3.39. The molecule has 13 heavy (non-hydrogen) atoms. The largest absolute Gasteiger partial charge is 0.398 e. The van der Waals surface area contributed by atoms with Crippen LogP contribution in [0.1, 0.15) is 22.8 Å². The van der Waals surface area contributed by atoms with Crippen LogP contribution in [-0.4, -0.2) is 5.78 Å². The highest BCUT2D eigenvalue weighted by Gasteiger charge is 2.10. The number of rotatable bonds is 1. The number of anilines is 1. The van der Waals surface area contributed by atoms with Gasteiger partial charge in [0.1, 0.15) is 11.9 Å². The molecule has 4 heteroatoms. The summed E-state index contributed by atoms with van der Waals surface area (Å²) in [5, 5.41) is 8.44. The first-order chi connectivity index (χ1) is 6.06. The summed E-state index contributed by atoms with van der Waals surface area (Å²) in [6.45, 7) is 1.29. The van der Waals surface area contributed by atoms with Gasteiger partial charge < -0.3 is 5.73 Å². The van der Waals surface area contributed by atoms with Crippen LogP contribution in [0.3, 0.4) is 0 Å². The highest BCUT2D eigenvalue weighted by Crippen LogP contribution is 2.17. The molecule has 0 unspecified atom stereocenters. The number of carbonyl (C=O) groups excluding carboxylic acids is 1. The Bertz CT molecular complexity index is 407. The monoisotopic (exact) mass is 178 g/mol. The Kier molecular flexibility index (Phi) is 2.29. The predicted molar refractivity (Wildman–Crippen MR) is 45.5 cm³/mol. The first kappa shape index (κ1) is 9.20. The van der Waals surface area contributed by atoms with Crippen LogP contribution in [0.5, 0.6) is 0 Å². The standard InChI is InChI=1S/C9H7FN2O/c1-5(13)7-3-8(10)6(4-11)2-9(7)12/h2-3H,12H2,1H3. The van der Waals surface area contributed by atoms with E-state index >= 15 is 0 Å². The molecule has 0 aromatic heterocycles. The van der Waals surface area contributed by atoms with Crippen LogP contribution >= 0.6 is 0 Å². The number of benzene rings is 1. The number of ketones is 1. The maximum absolute atomic E-state index is 13.0. The van der Waals surface area contributed by atoms with E-state index in [1.54, 1.807) is 6.07 Å². The third-order valence-corrected chi connectivity index (χ3v) is 1.64. The molecule has 0 saturated heterocycles. The zero-order chi connectivity index (χ0) is 10.0. The van der Waals surface area contributed by atoms with Crippen molar-refractivity contribution in [2.75, 3.05) is 5.73 Å². The predicted octanol–water partition coefficient (Wildman–Crippen LogP) is 1.48. The molecule has 0 atom stereocenters. The zero-order valence-electron chi connectivity index (χ0n) is 6.97. The minimum Gasteiger partial charge on any atom is -0.398 e. The molecule has 1 aromatic rings. The number of nitrogens with two attached hydrogens (primary N) is 1. The van der Waals surface area contributed by atoms with Crippen LogP contribution in [0, 0.1) is 17.1 Å². The Morgan fingerprint density at radius 2 is 2.23 bits per heavy atom.